The normalized spacial score (nSPS) is 12.2. The average molecular weight is 539 g/mol. The molecule has 2 amide bonds. The number of nitrogens with two attached hydrogens (primary N) is 1. The van der Waals surface area contributed by atoms with E-state index in [2.05, 4.69) is 5.32 Å². The minimum Gasteiger partial charge on any atom is -0.454 e. The van der Waals surface area contributed by atoms with Crippen LogP contribution in [-0.4, -0.2) is 41.5 Å². The van der Waals surface area contributed by atoms with Crippen molar-refractivity contribution in [3.63, 3.8) is 0 Å². The van der Waals surface area contributed by atoms with Crippen LogP contribution in [0, 0.1) is 15.5 Å². The number of nitrogens with one attached hydrogen (secondary N) is 1. The summed E-state index contributed by atoms with van der Waals surface area (Å²) < 4.78 is 10.8. The average Bonchev–Trinajstić information content (AvgIpc) is 3.37. The maximum atomic E-state index is 13.6. The number of halogens is 1. The van der Waals surface area contributed by atoms with Crippen LogP contribution in [0.2, 0.25) is 5.02 Å². The van der Waals surface area contributed by atoms with Gasteiger partial charge in [0.15, 0.2) is 11.5 Å². The van der Waals surface area contributed by atoms with E-state index in [-0.39, 0.29) is 35.9 Å². The molecule has 0 aliphatic carbocycles. The van der Waals surface area contributed by atoms with Crippen molar-refractivity contribution in [2.24, 2.45) is 11.1 Å². The molecule has 0 atom stereocenters. The van der Waals surface area contributed by atoms with Gasteiger partial charge in [-0.05, 0) is 66.1 Å². The number of anilines is 1. The van der Waals surface area contributed by atoms with E-state index in [1.165, 1.54) is 24.3 Å². The summed E-state index contributed by atoms with van der Waals surface area (Å²) in [4.78, 5) is 38.3. The van der Waals surface area contributed by atoms with Crippen LogP contribution in [0.15, 0.2) is 60.7 Å². The van der Waals surface area contributed by atoms with Crippen molar-refractivity contribution in [2.75, 3.05) is 25.2 Å². The zero-order valence-corrected chi connectivity index (χ0v) is 21.7. The molecule has 3 aromatic carbocycles. The van der Waals surface area contributed by atoms with Crippen LogP contribution < -0.4 is 20.5 Å². The largest absolute Gasteiger partial charge is 0.454 e. The minimum absolute atomic E-state index is 0.102. The molecule has 0 saturated carbocycles. The topological polar surface area (TPSA) is 137 Å². The number of non-ortho nitro benzene ring substituents is 1. The van der Waals surface area contributed by atoms with Gasteiger partial charge in [-0.25, -0.2) is 0 Å². The molecule has 0 radical (unpaired) electrons. The van der Waals surface area contributed by atoms with E-state index in [1.54, 1.807) is 41.3 Å². The van der Waals surface area contributed by atoms with Gasteiger partial charge in [-0.1, -0.05) is 25.4 Å². The third kappa shape index (κ3) is 6.21. The highest BCUT2D eigenvalue weighted by Crippen LogP contribution is 2.33. The Bertz CT molecular complexity index is 1380. The van der Waals surface area contributed by atoms with Crippen molar-refractivity contribution in [2.45, 2.75) is 20.4 Å². The molecule has 11 heteroatoms. The predicted octanol–water partition coefficient (Wildman–Crippen LogP) is 4.86. The standard InChI is InChI=1S/C27H27ClN4O6/c1-27(2,14-29)15-31(26(34)18-5-10-23-24(12-18)38-16-37-23)13-19-11-20(6-9-22(19)28)30-25(33)17-3-7-21(8-4-17)32(35)36/h3-12H,13-16,29H2,1-2H3,(H,30,33). The van der Waals surface area contributed by atoms with Crippen molar-refractivity contribution in [1.82, 2.24) is 4.90 Å². The quantitative estimate of drug-likeness (QED) is 0.293. The number of ether oxygens (including phenoxy) is 2. The molecule has 0 aromatic heterocycles. The van der Waals surface area contributed by atoms with Crippen LogP contribution in [-0.2, 0) is 6.54 Å². The molecule has 38 heavy (non-hydrogen) atoms. The second kappa shape index (κ2) is 11.1. The Morgan fingerprint density at radius 1 is 1.05 bits per heavy atom. The first-order valence-electron chi connectivity index (χ1n) is 11.8. The summed E-state index contributed by atoms with van der Waals surface area (Å²) in [6.07, 6.45) is 0. The molecule has 4 rings (SSSR count). The smallest absolute Gasteiger partial charge is 0.269 e. The van der Waals surface area contributed by atoms with E-state index in [1.807, 2.05) is 13.8 Å². The fraction of sp³-hybridized carbons (Fsp3) is 0.259. The number of rotatable bonds is 9. The molecule has 0 saturated heterocycles. The molecule has 198 valence electrons. The van der Waals surface area contributed by atoms with Gasteiger partial charge in [-0.3, -0.25) is 19.7 Å². The molecule has 1 aliphatic heterocycles. The first-order valence-corrected chi connectivity index (χ1v) is 12.2. The number of fused-ring (bicyclic) bond motifs is 1. The molecule has 0 spiro atoms. The van der Waals surface area contributed by atoms with Gasteiger partial charge in [0.1, 0.15) is 0 Å². The zero-order chi connectivity index (χ0) is 27.4. The summed E-state index contributed by atoms with van der Waals surface area (Å²) in [6.45, 7) is 4.91. The summed E-state index contributed by atoms with van der Waals surface area (Å²) in [5, 5.41) is 14.1. The van der Waals surface area contributed by atoms with E-state index in [0.29, 0.717) is 46.4 Å². The Kier molecular flexibility index (Phi) is 7.84. The maximum Gasteiger partial charge on any atom is 0.269 e. The molecule has 3 aromatic rings. The van der Waals surface area contributed by atoms with E-state index < -0.39 is 10.8 Å². The summed E-state index contributed by atoms with van der Waals surface area (Å²) in [7, 11) is 0. The molecule has 0 unspecified atom stereocenters. The van der Waals surface area contributed by atoms with E-state index >= 15 is 0 Å². The highest BCUT2D eigenvalue weighted by molar-refractivity contribution is 6.31. The van der Waals surface area contributed by atoms with Crippen LogP contribution in [0.25, 0.3) is 0 Å². The Morgan fingerprint density at radius 2 is 1.74 bits per heavy atom. The van der Waals surface area contributed by atoms with Crippen molar-refractivity contribution in [1.29, 1.82) is 0 Å². The number of nitro benzene ring substituents is 1. The van der Waals surface area contributed by atoms with Gasteiger partial charge in [0.25, 0.3) is 17.5 Å². The molecule has 10 nitrogen and oxygen atoms in total. The Hall–Kier alpha value is -4.15. The third-order valence-electron chi connectivity index (χ3n) is 6.08. The van der Waals surface area contributed by atoms with Crippen molar-refractivity contribution < 1.29 is 24.0 Å². The summed E-state index contributed by atoms with van der Waals surface area (Å²) in [6, 6.07) is 15.3. The zero-order valence-electron chi connectivity index (χ0n) is 20.9. The van der Waals surface area contributed by atoms with Gasteiger partial charge >= 0.3 is 0 Å². The second-order valence-electron chi connectivity index (χ2n) is 9.66. The van der Waals surface area contributed by atoms with Crippen LogP contribution in [0.1, 0.15) is 40.1 Å². The molecule has 3 N–H and O–H groups in total. The van der Waals surface area contributed by atoms with Crippen molar-refractivity contribution >= 4 is 34.8 Å². The highest BCUT2D eigenvalue weighted by Gasteiger charge is 2.27. The Morgan fingerprint density at radius 3 is 2.42 bits per heavy atom. The number of hydrogen-bond donors (Lipinski definition) is 2. The predicted molar refractivity (Wildman–Crippen MR) is 143 cm³/mol. The van der Waals surface area contributed by atoms with E-state index in [4.69, 9.17) is 26.8 Å². The number of hydrogen-bond acceptors (Lipinski definition) is 7. The fourth-order valence-electron chi connectivity index (χ4n) is 3.91. The van der Waals surface area contributed by atoms with E-state index in [0.717, 1.165) is 0 Å². The van der Waals surface area contributed by atoms with Gasteiger partial charge in [-0.15, -0.1) is 0 Å². The number of nitrogens with zero attached hydrogens (tertiary/aromatic N) is 2. The molecule has 1 aliphatic rings. The summed E-state index contributed by atoms with van der Waals surface area (Å²) in [5.74, 6) is 0.407. The lowest BCUT2D eigenvalue weighted by molar-refractivity contribution is -0.384. The fourth-order valence-corrected chi connectivity index (χ4v) is 4.09. The lowest BCUT2D eigenvalue weighted by Crippen LogP contribution is -2.41. The van der Waals surface area contributed by atoms with Gasteiger partial charge in [-0.2, -0.15) is 0 Å². The number of carbonyl (C=O) groups excluding carboxylic acids is 2. The highest BCUT2D eigenvalue weighted by atomic mass is 35.5. The first-order chi connectivity index (χ1) is 18.1. The Balaban J connectivity index is 1.57. The maximum absolute atomic E-state index is 13.6. The number of benzene rings is 3. The molecule has 0 fully saturated rings. The van der Waals surface area contributed by atoms with Crippen LogP contribution in [0.3, 0.4) is 0 Å². The van der Waals surface area contributed by atoms with E-state index in [9.17, 15) is 19.7 Å². The van der Waals surface area contributed by atoms with Crippen molar-refractivity contribution in [3.8, 4) is 11.5 Å². The van der Waals surface area contributed by atoms with Gasteiger partial charge in [0, 0.05) is 47.1 Å². The SMILES string of the molecule is CC(C)(CN)CN(Cc1cc(NC(=O)c2ccc([N+](=O)[O-])cc2)ccc1Cl)C(=O)c1ccc2c(c1)OCO2. The molecular formula is C27H27ClN4O6. The number of amides is 2. The third-order valence-corrected chi connectivity index (χ3v) is 6.45. The monoisotopic (exact) mass is 538 g/mol. The summed E-state index contributed by atoms with van der Waals surface area (Å²) >= 11 is 6.50. The minimum atomic E-state index is -0.532. The van der Waals surface area contributed by atoms with Crippen molar-refractivity contribution in [3.05, 3.63) is 92.5 Å². The lowest BCUT2D eigenvalue weighted by atomic mass is 9.92. The van der Waals surface area contributed by atoms with Gasteiger partial charge in [0.2, 0.25) is 6.79 Å². The van der Waals surface area contributed by atoms with Crippen LogP contribution >= 0.6 is 11.6 Å². The first kappa shape index (κ1) is 26.9. The summed E-state index contributed by atoms with van der Waals surface area (Å²) in [5.41, 5.74) is 7.25. The number of nitro groups is 1. The van der Waals surface area contributed by atoms with Gasteiger partial charge < -0.3 is 25.4 Å². The Labute approximate surface area is 224 Å². The van der Waals surface area contributed by atoms with Crippen LogP contribution in [0.4, 0.5) is 11.4 Å². The second-order valence-corrected chi connectivity index (χ2v) is 10.1. The molecular weight excluding hydrogens is 512 g/mol. The van der Waals surface area contributed by atoms with Gasteiger partial charge in [0.05, 0.1) is 4.92 Å². The lowest BCUT2D eigenvalue weighted by Gasteiger charge is -2.32. The van der Waals surface area contributed by atoms with Crippen LogP contribution in [0.5, 0.6) is 11.5 Å². The number of carbonyl (C=O) groups is 2. The molecule has 0 bridgehead atoms. The molecule has 1 heterocycles.